The molecule has 34 heavy (non-hydrogen) atoms. The number of nitrogens with zero attached hydrogens (tertiary/aromatic N) is 4. The molecule has 0 N–H and O–H groups in total. The number of hydrogen-bond donors (Lipinski definition) is 0. The lowest BCUT2D eigenvalue weighted by atomic mass is 9.92. The van der Waals surface area contributed by atoms with Gasteiger partial charge in [0.2, 0.25) is 5.69 Å². The van der Waals surface area contributed by atoms with Crippen molar-refractivity contribution in [3.8, 4) is 5.75 Å². The van der Waals surface area contributed by atoms with E-state index in [2.05, 4.69) is 9.74 Å². The average Bonchev–Trinajstić information content (AvgIpc) is 3.20. The second-order valence-corrected chi connectivity index (χ2v) is 9.74. The number of pyridine rings is 1. The van der Waals surface area contributed by atoms with Crippen molar-refractivity contribution in [2.75, 3.05) is 18.0 Å². The molecule has 1 aromatic carbocycles. The first-order valence-corrected chi connectivity index (χ1v) is 12.3. The van der Waals surface area contributed by atoms with Gasteiger partial charge in [-0.05, 0) is 62.8 Å². The van der Waals surface area contributed by atoms with Crippen LogP contribution >= 0.6 is 11.6 Å². The van der Waals surface area contributed by atoms with E-state index in [0.29, 0.717) is 28.6 Å². The molecule has 3 aliphatic rings. The van der Waals surface area contributed by atoms with Gasteiger partial charge in [0.1, 0.15) is 17.9 Å². The minimum atomic E-state index is 0.0691. The average molecular weight is 479 g/mol. The van der Waals surface area contributed by atoms with Crippen LogP contribution in [0.3, 0.4) is 0 Å². The quantitative estimate of drug-likeness (QED) is 0.444. The molecule has 2 fully saturated rings. The molecule has 1 saturated heterocycles. The summed E-state index contributed by atoms with van der Waals surface area (Å²) in [7, 11) is 0. The van der Waals surface area contributed by atoms with Gasteiger partial charge in [-0.15, -0.1) is 0 Å². The molecule has 0 unspecified atom stereocenters. The number of ether oxygens (including phenoxy) is 1. The van der Waals surface area contributed by atoms with E-state index >= 15 is 0 Å². The fourth-order valence-electron chi connectivity index (χ4n) is 5.25. The van der Waals surface area contributed by atoms with Crippen LogP contribution in [-0.4, -0.2) is 47.3 Å². The van der Waals surface area contributed by atoms with Gasteiger partial charge >= 0.3 is 0 Å². The molecule has 1 saturated carbocycles. The SMILES string of the molecule is [C-]#[N+]c1ccc(OC2CCC(N3Cc4nc(N5CCC(C=O)CC5)ccc4C3=O)CC2)cc1Cl. The van der Waals surface area contributed by atoms with Crippen LogP contribution in [0, 0.1) is 12.5 Å². The van der Waals surface area contributed by atoms with Crippen LogP contribution in [0.4, 0.5) is 11.5 Å². The summed E-state index contributed by atoms with van der Waals surface area (Å²) >= 11 is 6.13. The smallest absolute Gasteiger partial charge is 0.256 e. The molecule has 1 aliphatic carbocycles. The van der Waals surface area contributed by atoms with E-state index in [1.54, 1.807) is 18.2 Å². The molecule has 176 valence electrons. The fraction of sp³-hybridized carbons (Fsp3) is 0.462. The van der Waals surface area contributed by atoms with Crippen LogP contribution in [0.1, 0.15) is 54.6 Å². The number of carbonyl (C=O) groups excluding carboxylic acids is 2. The second-order valence-electron chi connectivity index (χ2n) is 9.33. The lowest BCUT2D eigenvalue weighted by Crippen LogP contribution is -2.40. The van der Waals surface area contributed by atoms with Gasteiger partial charge < -0.3 is 19.3 Å². The molecular formula is C26H27ClN4O3. The normalized spacial score (nSPS) is 22.9. The maximum atomic E-state index is 13.1. The van der Waals surface area contributed by atoms with Crippen LogP contribution in [-0.2, 0) is 11.3 Å². The Bertz CT molecular complexity index is 1130. The van der Waals surface area contributed by atoms with Crippen molar-refractivity contribution < 1.29 is 14.3 Å². The molecule has 0 radical (unpaired) electrons. The van der Waals surface area contributed by atoms with E-state index in [9.17, 15) is 9.59 Å². The third-order valence-electron chi connectivity index (χ3n) is 7.25. The predicted octanol–water partition coefficient (Wildman–Crippen LogP) is 5.05. The minimum Gasteiger partial charge on any atom is -0.490 e. The summed E-state index contributed by atoms with van der Waals surface area (Å²) in [5, 5.41) is 0.404. The highest BCUT2D eigenvalue weighted by Gasteiger charge is 2.36. The molecule has 8 heteroatoms. The highest BCUT2D eigenvalue weighted by atomic mass is 35.5. The largest absolute Gasteiger partial charge is 0.490 e. The van der Waals surface area contributed by atoms with Gasteiger partial charge in [-0.1, -0.05) is 17.7 Å². The van der Waals surface area contributed by atoms with Gasteiger partial charge in [0.05, 0.1) is 35.5 Å². The highest BCUT2D eigenvalue weighted by Crippen LogP contribution is 2.35. The third kappa shape index (κ3) is 4.47. The number of fused-ring (bicyclic) bond motifs is 1. The first-order chi connectivity index (χ1) is 16.6. The molecule has 0 atom stereocenters. The lowest BCUT2D eigenvalue weighted by molar-refractivity contribution is -0.111. The number of benzene rings is 1. The summed E-state index contributed by atoms with van der Waals surface area (Å²) in [6, 6.07) is 9.21. The van der Waals surface area contributed by atoms with Crippen molar-refractivity contribution in [1.82, 2.24) is 9.88 Å². The zero-order valence-electron chi connectivity index (χ0n) is 19.0. The number of aromatic nitrogens is 1. The van der Waals surface area contributed by atoms with Gasteiger partial charge in [-0.3, -0.25) is 4.79 Å². The summed E-state index contributed by atoms with van der Waals surface area (Å²) in [5.74, 6) is 1.80. The van der Waals surface area contributed by atoms with Crippen molar-refractivity contribution in [2.45, 2.75) is 57.2 Å². The Morgan fingerprint density at radius 3 is 2.53 bits per heavy atom. The molecule has 0 bridgehead atoms. The first kappa shape index (κ1) is 22.7. The molecule has 1 amide bonds. The van der Waals surface area contributed by atoms with Crippen molar-refractivity contribution >= 4 is 35.3 Å². The van der Waals surface area contributed by atoms with E-state index in [1.165, 1.54) is 0 Å². The Hall–Kier alpha value is -3.11. The molecule has 3 heterocycles. The zero-order valence-corrected chi connectivity index (χ0v) is 19.7. The highest BCUT2D eigenvalue weighted by molar-refractivity contribution is 6.33. The fourth-order valence-corrected chi connectivity index (χ4v) is 5.46. The van der Waals surface area contributed by atoms with Crippen molar-refractivity contribution in [2.24, 2.45) is 5.92 Å². The maximum Gasteiger partial charge on any atom is 0.256 e. The first-order valence-electron chi connectivity index (χ1n) is 11.9. The van der Waals surface area contributed by atoms with Gasteiger partial charge in [0, 0.05) is 25.0 Å². The van der Waals surface area contributed by atoms with Crippen LogP contribution in [0.5, 0.6) is 5.75 Å². The van der Waals surface area contributed by atoms with Crippen molar-refractivity contribution in [3.05, 3.63) is 58.0 Å². The third-order valence-corrected chi connectivity index (χ3v) is 7.56. The lowest BCUT2D eigenvalue weighted by Gasteiger charge is -2.34. The summed E-state index contributed by atoms with van der Waals surface area (Å²) in [4.78, 5) is 36.5. The van der Waals surface area contributed by atoms with Gasteiger partial charge in [-0.25, -0.2) is 9.83 Å². The Balaban J connectivity index is 1.18. The maximum absolute atomic E-state index is 13.1. The van der Waals surface area contributed by atoms with Gasteiger partial charge in [0.25, 0.3) is 5.91 Å². The molecule has 7 nitrogen and oxygen atoms in total. The zero-order chi connectivity index (χ0) is 23.7. The molecular weight excluding hydrogens is 452 g/mol. The molecule has 5 rings (SSSR count). The summed E-state index contributed by atoms with van der Waals surface area (Å²) in [5.41, 5.74) is 1.99. The van der Waals surface area contributed by atoms with Gasteiger partial charge in [0.15, 0.2) is 0 Å². The minimum absolute atomic E-state index is 0.0691. The number of halogens is 1. The Morgan fingerprint density at radius 1 is 1.09 bits per heavy atom. The Labute approximate surface area is 204 Å². The van der Waals surface area contributed by atoms with Crippen LogP contribution < -0.4 is 9.64 Å². The Morgan fingerprint density at radius 2 is 1.85 bits per heavy atom. The van der Waals surface area contributed by atoms with E-state index < -0.39 is 0 Å². The standard InChI is InChI=1S/C26H27ClN4O3/c1-28-23-8-6-20(14-22(23)27)34-19-4-2-18(3-5-19)31-15-24-21(26(31)33)7-9-25(29-24)30-12-10-17(16-32)11-13-30/h6-9,14,16-19H,2-5,10-13,15H2. The van der Waals surface area contributed by atoms with Crippen LogP contribution in [0.15, 0.2) is 30.3 Å². The summed E-state index contributed by atoms with van der Waals surface area (Å²) < 4.78 is 6.10. The van der Waals surface area contributed by atoms with Crippen molar-refractivity contribution in [3.63, 3.8) is 0 Å². The van der Waals surface area contributed by atoms with Crippen molar-refractivity contribution in [1.29, 1.82) is 0 Å². The summed E-state index contributed by atoms with van der Waals surface area (Å²) in [6.07, 6.45) is 6.32. The molecule has 1 aromatic heterocycles. The Kier molecular flexibility index (Phi) is 6.42. The molecule has 2 aliphatic heterocycles. The molecule has 0 spiro atoms. The summed E-state index contributed by atoms with van der Waals surface area (Å²) in [6.45, 7) is 9.30. The van der Waals surface area contributed by atoms with E-state index in [-0.39, 0.29) is 24.0 Å². The predicted molar refractivity (Wildman–Crippen MR) is 129 cm³/mol. The van der Waals surface area contributed by atoms with E-state index in [4.69, 9.17) is 27.9 Å². The number of anilines is 1. The monoisotopic (exact) mass is 478 g/mol. The van der Waals surface area contributed by atoms with Gasteiger partial charge in [-0.2, -0.15) is 0 Å². The topological polar surface area (TPSA) is 67.1 Å². The number of carbonyl (C=O) groups is 2. The molecule has 2 aromatic rings. The number of aldehydes is 1. The number of amides is 1. The van der Waals surface area contributed by atoms with Crippen LogP contribution in [0.25, 0.3) is 4.85 Å². The second kappa shape index (κ2) is 9.63. The van der Waals surface area contributed by atoms with Crippen LogP contribution in [0.2, 0.25) is 5.02 Å². The number of rotatable bonds is 5. The number of piperidine rings is 1. The number of hydrogen-bond acceptors (Lipinski definition) is 5. The van der Waals surface area contributed by atoms with E-state index in [1.807, 2.05) is 17.0 Å². The van der Waals surface area contributed by atoms with E-state index in [0.717, 1.165) is 69.4 Å².